The van der Waals surface area contributed by atoms with Crippen molar-refractivity contribution in [2.45, 2.75) is 11.8 Å². The van der Waals surface area contributed by atoms with Crippen molar-refractivity contribution in [1.82, 2.24) is 0 Å². The molecule has 98 valence electrons. The minimum atomic E-state index is -3.49. The van der Waals surface area contributed by atoms with Gasteiger partial charge in [0.25, 0.3) is 5.78 Å². The lowest BCUT2D eigenvalue weighted by atomic mass is 10.1. The molecule has 0 radical (unpaired) electrons. The number of sulfone groups is 1. The maximum Gasteiger partial charge on any atom is 0.379 e. The predicted octanol–water partition coefficient (Wildman–Crippen LogP) is 0.542. The summed E-state index contributed by atoms with van der Waals surface area (Å²) >= 11 is 0. The van der Waals surface area contributed by atoms with Crippen LogP contribution in [-0.2, 0) is 19.4 Å². The van der Waals surface area contributed by atoms with Gasteiger partial charge in [-0.2, -0.15) is 0 Å². The van der Waals surface area contributed by atoms with Gasteiger partial charge < -0.3 is 9.84 Å². The molecule has 1 aromatic carbocycles. The van der Waals surface area contributed by atoms with Crippen LogP contribution in [0.5, 0.6) is 5.75 Å². The van der Waals surface area contributed by atoms with Crippen LogP contribution in [0.15, 0.2) is 23.1 Å². The van der Waals surface area contributed by atoms with Gasteiger partial charge in [-0.05, 0) is 25.1 Å². The third-order valence-corrected chi connectivity index (χ3v) is 3.21. The van der Waals surface area contributed by atoms with Gasteiger partial charge in [-0.1, -0.05) is 0 Å². The molecule has 0 atom stereocenters. The summed E-state index contributed by atoms with van der Waals surface area (Å²) in [6.07, 6.45) is 0.967. The summed E-state index contributed by atoms with van der Waals surface area (Å²) in [5.41, 5.74) is -0.291. The highest BCUT2D eigenvalue weighted by Crippen LogP contribution is 2.22. The number of Topliss-reactive ketones (excluding diaryl/α,β-unsaturated/α-hetero) is 1. The van der Waals surface area contributed by atoms with Crippen molar-refractivity contribution >= 4 is 21.6 Å². The zero-order chi connectivity index (χ0) is 13.9. The van der Waals surface area contributed by atoms with Gasteiger partial charge in [-0.15, -0.1) is 0 Å². The third-order valence-electron chi connectivity index (χ3n) is 2.10. The molecule has 0 aromatic heterocycles. The number of esters is 1. The lowest BCUT2D eigenvalue weighted by Gasteiger charge is -2.05. The van der Waals surface area contributed by atoms with Crippen LogP contribution < -0.4 is 0 Å². The number of ketones is 1. The van der Waals surface area contributed by atoms with E-state index in [0.29, 0.717) is 0 Å². The first kappa shape index (κ1) is 14.2. The molecule has 0 bridgehead atoms. The maximum atomic E-state index is 11.5. The van der Waals surface area contributed by atoms with Crippen molar-refractivity contribution in [2.75, 3.05) is 12.9 Å². The van der Waals surface area contributed by atoms with Gasteiger partial charge in [0.15, 0.2) is 9.84 Å². The van der Waals surface area contributed by atoms with Crippen LogP contribution in [0, 0.1) is 0 Å². The molecule has 0 aliphatic heterocycles. The Labute approximate surface area is 104 Å². The Balaban J connectivity index is 3.14. The zero-order valence-corrected chi connectivity index (χ0v) is 10.7. The molecule has 6 nitrogen and oxygen atoms in total. The number of phenols is 1. The van der Waals surface area contributed by atoms with E-state index in [4.69, 9.17) is 0 Å². The molecule has 0 unspecified atom stereocenters. The molecule has 0 saturated carbocycles. The fourth-order valence-corrected chi connectivity index (χ4v) is 1.88. The summed E-state index contributed by atoms with van der Waals surface area (Å²) < 4.78 is 26.9. The van der Waals surface area contributed by atoms with E-state index in [1.165, 1.54) is 6.92 Å². The van der Waals surface area contributed by atoms with Gasteiger partial charge in [-0.25, -0.2) is 13.2 Å². The van der Waals surface area contributed by atoms with Crippen LogP contribution in [0.3, 0.4) is 0 Å². The zero-order valence-electron chi connectivity index (χ0n) is 9.84. The Hall–Kier alpha value is -1.89. The number of rotatable bonds is 4. The summed E-state index contributed by atoms with van der Waals surface area (Å²) in [7, 11) is -3.49. The lowest BCUT2D eigenvalue weighted by molar-refractivity contribution is -0.137. The van der Waals surface area contributed by atoms with Gasteiger partial charge in [0, 0.05) is 6.26 Å². The fraction of sp³-hybridized carbons (Fsp3) is 0.273. The second-order valence-corrected chi connectivity index (χ2v) is 5.52. The van der Waals surface area contributed by atoms with Crippen LogP contribution in [-0.4, -0.2) is 38.1 Å². The summed E-state index contributed by atoms with van der Waals surface area (Å²) in [4.78, 5) is 22.6. The Morgan fingerprint density at radius 1 is 1.33 bits per heavy atom. The first-order valence-electron chi connectivity index (χ1n) is 5.02. The number of carbonyl (C=O) groups is 2. The first-order valence-corrected chi connectivity index (χ1v) is 6.91. The predicted molar refractivity (Wildman–Crippen MR) is 62.2 cm³/mol. The number of benzene rings is 1. The maximum absolute atomic E-state index is 11.5. The van der Waals surface area contributed by atoms with Gasteiger partial charge in [0.2, 0.25) is 0 Å². The number of ether oxygens (including phenoxy) is 1. The van der Waals surface area contributed by atoms with E-state index in [1.807, 2.05) is 0 Å². The van der Waals surface area contributed by atoms with E-state index in [9.17, 15) is 23.1 Å². The standard InChI is InChI=1S/C11H12O6S/c1-3-17-11(14)10(13)8-5-4-7(6-9(8)12)18(2,15)16/h4-6,12H,3H2,1-2H3. The van der Waals surface area contributed by atoms with Crippen LogP contribution in [0.25, 0.3) is 0 Å². The molecule has 0 fully saturated rings. The van der Waals surface area contributed by atoms with Gasteiger partial charge in [0.1, 0.15) is 5.75 Å². The molecule has 0 aliphatic rings. The number of aromatic hydroxyl groups is 1. The average molecular weight is 272 g/mol. The van der Waals surface area contributed by atoms with E-state index in [1.54, 1.807) is 0 Å². The molecule has 1 rings (SSSR count). The second-order valence-electron chi connectivity index (χ2n) is 3.50. The minimum Gasteiger partial charge on any atom is -0.507 e. The molecule has 0 heterocycles. The van der Waals surface area contributed by atoms with E-state index >= 15 is 0 Å². The van der Waals surface area contributed by atoms with E-state index in [0.717, 1.165) is 24.5 Å². The average Bonchev–Trinajstić information content (AvgIpc) is 2.27. The molecule has 1 N–H and O–H groups in total. The summed E-state index contributed by atoms with van der Waals surface area (Å²) in [5.74, 6) is -2.69. The molecule has 0 aliphatic carbocycles. The molecular formula is C11H12O6S. The Morgan fingerprint density at radius 2 is 1.94 bits per heavy atom. The SMILES string of the molecule is CCOC(=O)C(=O)c1ccc(S(C)(=O)=O)cc1O. The van der Waals surface area contributed by atoms with Crippen LogP contribution in [0.4, 0.5) is 0 Å². The van der Waals surface area contributed by atoms with Crippen molar-refractivity contribution in [1.29, 1.82) is 0 Å². The number of hydrogen-bond acceptors (Lipinski definition) is 6. The van der Waals surface area contributed by atoms with Crippen LogP contribution in [0.1, 0.15) is 17.3 Å². The topological polar surface area (TPSA) is 97.7 Å². The highest BCUT2D eigenvalue weighted by Gasteiger charge is 2.22. The summed E-state index contributed by atoms with van der Waals surface area (Å²) in [5, 5.41) is 9.55. The molecule has 0 amide bonds. The number of hydrogen-bond donors (Lipinski definition) is 1. The number of carbonyl (C=O) groups excluding carboxylic acids is 2. The van der Waals surface area contributed by atoms with Gasteiger partial charge in [-0.3, -0.25) is 4.79 Å². The molecule has 18 heavy (non-hydrogen) atoms. The summed E-state index contributed by atoms with van der Waals surface area (Å²) in [6, 6.07) is 3.13. The molecule has 1 aromatic rings. The molecule has 0 spiro atoms. The van der Waals surface area contributed by atoms with E-state index in [2.05, 4.69) is 4.74 Å². The second kappa shape index (κ2) is 5.18. The molecule has 0 saturated heterocycles. The van der Waals surface area contributed by atoms with Crippen molar-refractivity contribution in [2.24, 2.45) is 0 Å². The first-order chi connectivity index (χ1) is 8.27. The molecule has 7 heteroatoms. The normalized spacial score (nSPS) is 11.0. The fourth-order valence-electron chi connectivity index (χ4n) is 1.24. The van der Waals surface area contributed by atoms with Crippen molar-refractivity contribution in [3.8, 4) is 5.75 Å². The van der Waals surface area contributed by atoms with Crippen LogP contribution >= 0.6 is 0 Å². The van der Waals surface area contributed by atoms with Crippen molar-refractivity contribution in [3.05, 3.63) is 23.8 Å². The Bertz CT molecular complexity index is 588. The Kier molecular flexibility index (Phi) is 4.07. The van der Waals surface area contributed by atoms with Crippen LogP contribution in [0.2, 0.25) is 0 Å². The Morgan fingerprint density at radius 3 is 2.39 bits per heavy atom. The lowest BCUT2D eigenvalue weighted by Crippen LogP contribution is -2.17. The van der Waals surface area contributed by atoms with Crippen molar-refractivity contribution in [3.63, 3.8) is 0 Å². The van der Waals surface area contributed by atoms with Gasteiger partial charge >= 0.3 is 5.97 Å². The largest absolute Gasteiger partial charge is 0.507 e. The van der Waals surface area contributed by atoms with Crippen molar-refractivity contribution < 1.29 is 27.9 Å². The quantitative estimate of drug-likeness (QED) is 0.488. The highest BCUT2D eigenvalue weighted by atomic mass is 32.2. The minimum absolute atomic E-state index is 0.0345. The van der Waals surface area contributed by atoms with E-state index in [-0.39, 0.29) is 17.1 Å². The summed E-state index contributed by atoms with van der Waals surface area (Å²) in [6.45, 7) is 1.57. The monoisotopic (exact) mass is 272 g/mol. The third kappa shape index (κ3) is 3.07. The number of phenolic OH excluding ortho intramolecular Hbond substituents is 1. The van der Waals surface area contributed by atoms with Gasteiger partial charge in [0.05, 0.1) is 17.1 Å². The smallest absolute Gasteiger partial charge is 0.379 e. The highest BCUT2D eigenvalue weighted by molar-refractivity contribution is 7.90. The molecular weight excluding hydrogens is 260 g/mol. The van der Waals surface area contributed by atoms with E-state index < -0.39 is 27.3 Å².